The van der Waals surface area contributed by atoms with E-state index >= 15 is 0 Å². The molecule has 0 saturated heterocycles. The van der Waals surface area contributed by atoms with Crippen molar-refractivity contribution in [2.75, 3.05) is 12.3 Å². The minimum Gasteiger partial charge on any atom is -0.314 e. The van der Waals surface area contributed by atoms with E-state index in [4.69, 9.17) is 0 Å². The van der Waals surface area contributed by atoms with E-state index in [2.05, 4.69) is 19.2 Å². The van der Waals surface area contributed by atoms with Crippen molar-refractivity contribution in [3.63, 3.8) is 0 Å². The molecule has 1 unspecified atom stereocenters. The van der Waals surface area contributed by atoms with E-state index in [1.165, 1.54) is 12.8 Å². The van der Waals surface area contributed by atoms with Crippen molar-refractivity contribution in [1.82, 2.24) is 5.32 Å². The Labute approximate surface area is 113 Å². The van der Waals surface area contributed by atoms with Gasteiger partial charge in [-0.3, -0.25) is 0 Å². The second kappa shape index (κ2) is 5.91. The Morgan fingerprint density at radius 1 is 1.22 bits per heavy atom. The first-order valence-corrected chi connectivity index (χ1v) is 8.74. The highest BCUT2D eigenvalue weighted by atomic mass is 32.2. The Kier molecular flexibility index (Phi) is 5.24. The third-order valence-corrected chi connectivity index (χ3v) is 6.52. The summed E-state index contributed by atoms with van der Waals surface area (Å²) in [5, 5.41) is 3.52. The molecular weight excluding hydrogens is 246 g/mol. The third-order valence-electron chi connectivity index (χ3n) is 3.88. The van der Waals surface area contributed by atoms with Gasteiger partial charge in [-0.05, 0) is 58.4 Å². The van der Waals surface area contributed by atoms with Crippen LogP contribution in [-0.2, 0) is 9.84 Å². The first-order chi connectivity index (χ1) is 8.13. The first kappa shape index (κ1) is 16.0. The van der Waals surface area contributed by atoms with Gasteiger partial charge in [0.15, 0.2) is 9.84 Å². The molecule has 0 spiro atoms. The van der Waals surface area contributed by atoms with Crippen LogP contribution in [0.4, 0.5) is 0 Å². The maximum atomic E-state index is 12.1. The van der Waals surface area contributed by atoms with E-state index in [9.17, 15) is 8.42 Å². The Balaban J connectivity index is 2.45. The molecule has 0 radical (unpaired) electrons. The van der Waals surface area contributed by atoms with E-state index < -0.39 is 14.6 Å². The predicted octanol–water partition coefficient (Wildman–Crippen LogP) is 2.61. The summed E-state index contributed by atoms with van der Waals surface area (Å²) < 4.78 is 23.6. The molecule has 1 aliphatic rings. The van der Waals surface area contributed by atoms with Crippen molar-refractivity contribution in [1.29, 1.82) is 0 Å². The Bertz CT molecular complexity index is 350. The molecule has 0 bridgehead atoms. The van der Waals surface area contributed by atoms with Crippen molar-refractivity contribution in [2.24, 2.45) is 11.8 Å². The van der Waals surface area contributed by atoms with Gasteiger partial charge in [0.2, 0.25) is 0 Å². The standard InChI is InChI=1S/C14H29NO2S/c1-11(2)12(10-15-13-6-7-13)8-9-18(16,17)14(3,4)5/h11-13,15H,6-10H2,1-5H3. The van der Waals surface area contributed by atoms with Gasteiger partial charge < -0.3 is 5.32 Å². The molecule has 0 heterocycles. The van der Waals surface area contributed by atoms with Crippen molar-refractivity contribution in [3.8, 4) is 0 Å². The van der Waals surface area contributed by atoms with Crippen LogP contribution in [0.1, 0.15) is 53.9 Å². The molecule has 3 nitrogen and oxygen atoms in total. The molecule has 1 aliphatic carbocycles. The van der Waals surface area contributed by atoms with Crippen LogP contribution in [0, 0.1) is 11.8 Å². The highest BCUT2D eigenvalue weighted by Gasteiger charge is 2.30. The van der Waals surface area contributed by atoms with Gasteiger partial charge in [-0.15, -0.1) is 0 Å². The first-order valence-electron chi connectivity index (χ1n) is 7.09. The van der Waals surface area contributed by atoms with Gasteiger partial charge in [-0.1, -0.05) is 13.8 Å². The second-order valence-corrected chi connectivity index (χ2v) is 9.77. The molecule has 0 aromatic rings. The second-order valence-electron chi connectivity index (χ2n) is 6.91. The average Bonchev–Trinajstić information content (AvgIpc) is 2.98. The zero-order chi connectivity index (χ0) is 14.0. The van der Waals surface area contributed by atoms with E-state index in [1.807, 2.05) is 0 Å². The number of hydrogen-bond donors (Lipinski definition) is 1. The molecule has 1 fully saturated rings. The summed E-state index contributed by atoms with van der Waals surface area (Å²) >= 11 is 0. The molecule has 1 saturated carbocycles. The summed E-state index contributed by atoms with van der Waals surface area (Å²) in [6.45, 7) is 10.7. The topological polar surface area (TPSA) is 46.2 Å². The summed E-state index contributed by atoms with van der Waals surface area (Å²) in [5.41, 5.74) is 0. The van der Waals surface area contributed by atoms with E-state index in [0.29, 0.717) is 23.6 Å². The van der Waals surface area contributed by atoms with Gasteiger partial charge in [-0.2, -0.15) is 0 Å². The van der Waals surface area contributed by atoms with Crippen molar-refractivity contribution in [2.45, 2.75) is 64.7 Å². The van der Waals surface area contributed by atoms with E-state index in [-0.39, 0.29) is 0 Å². The quantitative estimate of drug-likeness (QED) is 0.777. The summed E-state index contributed by atoms with van der Waals surface area (Å²) in [4.78, 5) is 0. The monoisotopic (exact) mass is 275 g/mol. The lowest BCUT2D eigenvalue weighted by Crippen LogP contribution is -2.34. The van der Waals surface area contributed by atoms with Gasteiger partial charge in [0.05, 0.1) is 10.5 Å². The fourth-order valence-corrected chi connectivity index (χ4v) is 3.11. The summed E-state index contributed by atoms with van der Waals surface area (Å²) in [6, 6.07) is 0.700. The largest absolute Gasteiger partial charge is 0.314 e. The van der Waals surface area contributed by atoms with Gasteiger partial charge in [0.25, 0.3) is 0 Å². The molecule has 1 rings (SSSR count). The highest BCUT2D eigenvalue weighted by molar-refractivity contribution is 7.92. The lowest BCUT2D eigenvalue weighted by atomic mass is 9.93. The number of hydrogen-bond acceptors (Lipinski definition) is 3. The lowest BCUT2D eigenvalue weighted by Gasteiger charge is -2.24. The average molecular weight is 275 g/mol. The molecule has 1 atom stereocenters. The minimum absolute atomic E-state index is 0.311. The van der Waals surface area contributed by atoms with Crippen LogP contribution in [0.2, 0.25) is 0 Å². The molecule has 1 N–H and O–H groups in total. The van der Waals surface area contributed by atoms with Gasteiger partial charge in [0.1, 0.15) is 0 Å². The van der Waals surface area contributed by atoms with E-state index in [0.717, 1.165) is 13.0 Å². The Morgan fingerprint density at radius 2 is 1.78 bits per heavy atom. The molecule has 0 amide bonds. The number of rotatable bonds is 7. The zero-order valence-electron chi connectivity index (χ0n) is 12.5. The summed E-state index contributed by atoms with van der Waals surface area (Å²) in [6.07, 6.45) is 3.34. The normalized spacial score (nSPS) is 19.2. The van der Waals surface area contributed by atoms with Crippen LogP contribution in [0.3, 0.4) is 0 Å². The summed E-state index contributed by atoms with van der Waals surface area (Å²) in [7, 11) is -2.98. The maximum Gasteiger partial charge on any atom is 0.155 e. The molecule has 18 heavy (non-hydrogen) atoms. The zero-order valence-corrected chi connectivity index (χ0v) is 13.3. The Hall–Kier alpha value is -0.0900. The van der Waals surface area contributed by atoms with E-state index in [1.54, 1.807) is 20.8 Å². The number of sulfone groups is 1. The van der Waals surface area contributed by atoms with Gasteiger partial charge in [0, 0.05) is 6.04 Å². The SMILES string of the molecule is CC(C)C(CCS(=O)(=O)C(C)(C)C)CNC1CC1. The van der Waals surface area contributed by atoms with Gasteiger partial charge in [-0.25, -0.2) is 8.42 Å². The van der Waals surface area contributed by atoms with Crippen molar-refractivity contribution >= 4 is 9.84 Å². The minimum atomic E-state index is -2.98. The highest BCUT2D eigenvalue weighted by Crippen LogP contribution is 2.24. The van der Waals surface area contributed by atoms with Crippen molar-refractivity contribution in [3.05, 3.63) is 0 Å². The smallest absolute Gasteiger partial charge is 0.155 e. The summed E-state index contributed by atoms with van der Waals surface area (Å²) in [5.74, 6) is 1.31. The molecule has 0 aromatic carbocycles. The van der Waals surface area contributed by atoms with Crippen LogP contribution < -0.4 is 5.32 Å². The molecule has 0 aromatic heterocycles. The molecule has 0 aliphatic heterocycles. The molecule has 4 heteroatoms. The fourth-order valence-electron chi connectivity index (χ4n) is 1.89. The van der Waals surface area contributed by atoms with Crippen LogP contribution in [0.15, 0.2) is 0 Å². The van der Waals surface area contributed by atoms with Crippen LogP contribution in [-0.4, -0.2) is 31.5 Å². The predicted molar refractivity (Wildman–Crippen MR) is 77.5 cm³/mol. The fraction of sp³-hybridized carbons (Fsp3) is 1.00. The van der Waals surface area contributed by atoms with Crippen LogP contribution >= 0.6 is 0 Å². The van der Waals surface area contributed by atoms with Crippen molar-refractivity contribution < 1.29 is 8.42 Å². The molecular formula is C14H29NO2S. The van der Waals surface area contributed by atoms with Crippen LogP contribution in [0.5, 0.6) is 0 Å². The third kappa shape index (κ3) is 4.88. The maximum absolute atomic E-state index is 12.1. The number of nitrogens with one attached hydrogen (secondary N) is 1. The van der Waals surface area contributed by atoms with Crippen LogP contribution in [0.25, 0.3) is 0 Å². The molecule has 108 valence electrons. The Morgan fingerprint density at radius 3 is 2.17 bits per heavy atom. The van der Waals surface area contributed by atoms with Gasteiger partial charge >= 0.3 is 0 Å². The lowest BCUT2D eigenvalue weighted by molar-refractivity contribution is 0.351.